The van der Waals surface area contributed by atoms with Crippen LogP contribution >= 0.6 is 0 Å². The Morgan fingerprint density at radius 3 is 2.51 bits per heavy atom. The molecule has 1 aliphatic rings. The maximum atomic E-state index is 12.3. The van der Waals surface area contributed by atoms with E-state index in [2.05, 4.69) is 18.8 Å². The molecule has 2 rings (SSSR count). The highest BCUT2D eigenvalue weighted by Gasteiger charge is 2.27. The van der Waals surface area contributed by atoms with E-state index in [0.29, 0.717) is 53.8 Å². The number of hydrogen-bond donors (Lipinski definition) is 3. The summed E-state index contributed by atoms with van der Waals surface area (Å²) in [5.41, 5.74) is 8.19. The van der Waals surface area contributed by atoms with Crippen molar-refractivity contribution in [3.63, 3.8) is 0 Å². The van der Waals surface area contributed by atoms with Gasteiger partial charge in [0.1, 0.15) is 12.4 Å². The van der Waals surface area contributed by atoms with Crippen LogP contribution in [0.4, 0.5) is 4.79 Å². The molecule has 1 aromatic heterocycles. The number of carboxylic acids is 1. The summed E-state index contributed by atoms with van der Waals surface area (Å²) in [6.07, 6.45) is 4.06. The predicted molar refractivity (Wildman–Crippen MR) is 134 cm³/mol. The Bertz CT molecular complexity index is 902. The van der Waals surface area contributed by atoms with Crippen molar-refractivity contribution in [2.45, 2.75) is 65.4 Å². The molecule has 10 heteroatoms. The molecule has 1 aromatic rings. The molecule has 5 N–H and O–H groups in total. The topological polar surface area (TPSA) is 144 Å². The summed E-state index contributed by atoms with van der Waals surface area (Å²) in [7, 11) is 3.31. The van der Waals surface area contributed by atoms with Gasteiger partial charge in [-0.25, -0.2) is 15.6 Å². The highest BCUT2D eigenvalue weighted by atomic mass is 16.6. The summed E-state index contributed by atoms with van der Waals surface area (Å²) in [5, 5.41) is 10.7. The van der Waals surface area contributed by atoms with Crippen molar-refractivity contribution in [3.05, 3.63) is 29.2 Å². The Labute approximate surface area is 208 Å². The van der Waals surface area contributed by atoms with Gasteiger partial charge in [0.05, 0.1) is 34.8 Å². The van der Waals surface area contributed by atoms with Crippen molar-refractivity contribution in [2.75, 3.05) is 27.2 Å². The lowest BCUT2D eigenvalue weighted by atomic mass is 9.99. The van der Waals surface area contributed by atoms with Crippen molar-refractivity contribution in [1.82, 2.24) is 14.9 Å². The van der Waals surface area contributed by atoms with E-state index in [4.69, 9.17) is 21.1 Å². The number of carbonyl (C=O) groups excluding carboxylic acids is 1. The quantitative estimate of drug-likeness (QED) is 0.255. The number of carbonyl (C=O) groups is 2. The first kappa shape index (κ1) is 28.2. The number of nitrogens with two attached hydrogens (primary N) is 2. The third-order valence-electron chi connectivity index (χ3n) is 6.25. The Balaban J connectivity index is 2.11. The second-order valence-electron chi connectivity index (χ2n) is 9.71. The Morgan fingerprint density at radius 1 is 1.23 bits per heavy atom. The van der Waals surface area contributed by atoms with Gasteiger partial charge < -0.3 is 30.2 Å². The molecule has 0 spiro atoms. The van der Waals surface area contributed by atoms with Crippen molar-refractivity contribution < 1.29 is 24.2 Å². The first-order chi connectivity index (χ1) is 16.5. The minimum atomic E-state index is -0.770. The first-order valence-corrected chi connectivity index (χ1v) is 12.2. The largest absolute Gasteiger partial charge is 0.489 e. The zero-order chi connectivity index (χ0) is 26.1. The standard InChI is InChI=1S/C25H41N5O5/c1-16(2)12-13-29(4)25(33)34-15-21(30(5)27)23(26)20-10-11-22(17(3)28-20)35-19-9-7-6-8-18(14-19)24(31)32/h10-11,16,18-19H,6-9,12-15,26-27H2,1-5H3,(H,31,32)/b23-21-. The van der Waals surface area contributed by atoms with Crippen molar-refractivity contribution >= 4 is 17.8 Å². The molecule has 0 aliphatic heterocycles. The average molecular weight is 492 g/mol. The maximum Gasteiger partial charge on any atom is 0.409 e. The molecule has 1 fully saturated rings. The van der Waals surface area contributed by atoms with Gasteiger partial charge in [-0.1, -0.05) is 20.3 Å². The fourth-order valence-corrected chi connectivity index (χ4v) is 3.95. The maximum absolute atomic E-state index is 12.3. The minimum Gasteiger partial charge on any atom is -0.489 e. The van der Waals surface area contributed by atoms with E-state index in [1.54, 1.807) is 26.2 Å². The molecule has 1 saturated carbocycles. The van der Waals surface area contributed by atoms with Gasteiger partial charge in [0.2, 0.25) is 0 Å². The Kier molecular flexibility index (Phi) is 10.6. The molecule has 0 saturated heterocycles. The van der Waals surface area contributed by atoms with Crippen molar-refractivity contribution in [2.24, 2.45) is 23.4 Å². The number of carboxylic acid groups (broad SMARTS) is 1. The third kappa shape index (κ3) is 8.61. The molecule has 196 valence electrons. The molecule has 1 aliphatic carbocycles. The van der Waals surface area contributed by atoms with Gasteiger partial charge >= 0.3 is 12.1 Å². The number of nitrogens with zero attached hydrogens (tertiary/aromatic N) is 3. The zero-order valence-electron chi connectivity index (χ0n) is 21.6. The molecule has 0 bridgehead atoms. The second-order valence-corrected chi connectivity index (χ2v) is 9.71. The molecule has 0 radical (unpaired) electrons. The molecule has 35 heavy (non-hydrogen) atoms. The number of pyridine rings is 1. The molecule has 0 aromatic carbocycles. The summed E-state index contributed by atoms with van der Waals surface area (Å²) in [6, 6.07) is 3.51. The van der Waals surface area contributed by atoms with Gasteiger partial charge in [-0.2, -0.15) is 0 Å². The van der Waals surface area contributed by atoms with Crippen LogP contribution in [-0.4, -0.2) is 65.4 Å². The molecule has 1 amide bonds. The van der Waals surface area contributed by atoms with Crippen LogP contribution in [-0.2, 0) is 9.53 Å². The highest BCUT2D eigenvalue weighted by Crippen LogP contribution is 2.29. The number of aliphatic carboxylic acids is 1. The van der Waals surface area contributed by atoms with Gasteiger partial charge in [0.25, 0.3) is 0 Å². The third-order valence-corrected chi connectivity index (χ3v) is 6.25. The van der Waals surface area contributed by atoms with Crippen LogP contribution in [0.3, 0.4) is 0 Å². The van der Waals surface area contributed by atoms with Crippen LogP contribution < -0.4 is 16.3 Å². The molecule has 10 nitrogen and oxygen atoms in total. The van der Waals surface area contributed by atoms with Gasteiger partial charge in [-0.3, -0.25) is 4.79 Å². The first-order valence-electron chi connectivity index (χ1n) is 12.2. The van der Waals surface area contributed by atoms with Crippen LogP contribution in [0.2, 0.25) is 0 Å². The summed E-state index contributed by atoms with van der Waals surface area (Å²) in [6.45, 7) is 6.51. The van der Waals surface area contributed by atoms with Crippen LogP contribution in [0.25, 0.3) is 5.70 Å². The lowest BCUT2D eigenvalue weighted by molar-refractivity contribution is -0.142. The lowest BCUT2D eigenvalue weighted by Gasteiger charge is -2.23. The number of aromatic nitrogens is 1. The number of rotatable bonds is 10. The monoisotopic (exact) mass is 491 g/mol. The number of hydrazine groups is 1. The van der Waals surface area contributed by atoms with Gasteiger partial charge in [0.15, 0.2) is 0 Å². The van der Waals surface area contributed by atoms with E-state index < -0.39 is 12.1 Å². The second kappa shape index (κ2) is 13.2. The van der Waals surface area contributed by atoms with Crippen molar-refractivity contribution in [1.29, 1.82) is 0 Å². The summed E-state index contributed by atoms with van der Waals surface area (Å²) in [5.74, 6) is 5.89. The summed E-state index contributed by atoms with van der Waals surface area (Å²) < 4.78 is 11.6. The normalized spacial score (nSPS) is 18.9. The predicted octanol–water partition coefficient (Wildman–Crippen LogP) is 3.35. The number of likely N-dealkylation sites (N-methyl/N-ethyl adjacent to an activating group) is 1. The fourth-order valence-electron chi connectivity index (χ4n) is 3.95. The highest BCUT2D eigenvalue weighted by molar-refractivity contribution is 5.70. The molecule has 2 unspecified atom stereocenters. The van der Waals surface area contributed by atoms with Gasteiger partial charge in [-0.15, -0.1) is 0 Å². The van der Waals surface area contributed by atoms with E-state index >= 15 is 0 Å². The summed E-state index contributed by atoms with van der Waals surface area (Å²) >= 11 is 0. The van der Waals surface area contributed by atoms with E-state index in [9.17, 15) is 14.7 Å². The number of ether oxygens (including phenoxy) is 2. The zero-order valence-corrected chi connectivity index (χ0v) is 21.6. The van der Waals surface area contributed by atoms with E-state index in [0.717, 1.165) is 25.7 Å². The fraction of sp³-hybridized carbons (Fsp3) is 0.640. The van der Waals surface area contributed by atoms with Crippen LogP contribution in [0.15, 0.2) is 17.8 Å². The van der Waals surface area contributed by atoms with Crippen LogP contribution in [0.1, 0.15) is 63.8 Å². The molecule has 2 atom stereocenters. The van der Waals surface area contributed by atoms with Gasteiger partial charge in [-0.05, 0) is 57.1 Å². The number of amides is 1. The number of aryl methyl sites for hydroxylation is 1. The van der Waals surface area contributed by atoms with Gasteiger partial charge in [0, 0.05) is 20.6 Å². The van der Waals surface area contributed by atoms with Crippen LogP contribution in [0, 0.1) is 18.8 Å². The van der Waals surface area contributed by atoms with Crippen molar-refractivity contribution in [3.8, 4) is 5.75 Å². The Morgan fingerprint density at radius 2 is 1.91 bits per heavy atom. The minimum absolute atomic E-state index is 0.0959. The number of hydrogen-bond acceptors (Lipinski definition) is 8. The van der Waals surface area contributed by atoms with E-state index in [1.165, 1.54) is 9.91 Å². The molecular formula is C25H41N5O5. The van der Waals surface area contributed by atoms with Crippen LogP contribution in [0.5, 0.6) is 5.75 Å². The molecule has 1 heterocycles. The SMILES string of the molecule is Cc1nc(/C(N)=C(\COC(=O)N(C)CCC(C)C)N(C)N)ccc1OC1CCCCC(C(=O)O)C1. The lowest BCUT2D eigenvalue weighted by Crippen LogP contribution is -2.34. The smallest absolute Gasteiger partial charge is 0.409 e. The summed E-state index contributed by atoms with van der Waals surface area (Å²) in [4.78, 5) is 29.9. The van der Waals surface area contributed by atoms with E-state index in [-0.39, 0.29) is 18.6 Å². The Hall–Kier alpha value is -3.01. The average Bonchev–Trinajstić information content (AvgIpc) is 3.04. The molecular weight excluding hydrogens is 450 g/mol. The van der Waals surface area contributed by atoms with E-state index in [1.807, 2.05) is 6.92 Å².